The first-order chi connectivity index (χ1) is 11.8. The molecule has 132 valence electrons. The van der Waals surface area contributed by atoms with Crippen molar-refractivity contribution < 1.29 is 9.90 Å². The molecule has 1 aromatic rings. The van der Waals surface area contributed by atoms with E-state index >= 15 is 0 Å². The van der Waals surface area contributed by atoms with Gasteiger partial charge >= 0.3 is 0 Å². The number of aliphatic hydroxyl groups is 1. The van der Waals surface area contributed by atoms with E-state index in [4.69, 9.17) is 0 Å². The van der Waals surface area contributed by atoms with Crippen molar-refractivity contribution in [2.24, 2.45) is 5.92 Å². The smallest absolute Gasteiger partial charge is 0.242 e. The van der Waals surface area contributed by atoms with Crippen LogP contribution in [0, 0.1) is 5.92 Å². The summed E-state index contributed by atoms with van der Waals surface area (Å²) in [5, 5.41) is 13.3. The van der Waals surface area contributed by atoms with Gasteiger partial charge in [0.05, 0.1) is 6.10 Å². The number of nitrogens with one attached hydrogen (secondary N) is 1. The second kappa shape index (κ2) is 8.88. The predicted molar refractivity (Wildman–Crippen MR) is 99.1 cm³/mol. The van der Waals surface area contributed by atoms with E-state index in [9.17, 15) is 9.90 Å². The van der Waals surface area contributed by atoms with E-state index in [1.807, 2.05) is 42.1 Å². The Morgan fingerprint density at radius 1 is 1.21 bits per heavy atom. The van der Waals surface area contributed by atoms with Crippen molar-refractivity contribution in [2.75, 3.05) is 31.1 Å². The number of carbonyl (C=O) groups excluding carboxylic acids is 1. The molecule has 1 aliphatic carbocycles. The highest BCUT2D eigenvalue weighted by Crippen LogP contribution is 2.28. The molecule has 0 radical (unpaired) electrons. The summed E-state index contributed by atoms with van der Waals surface area (Å²) in [5.41, 5.74) is 1.04. The van der Waals surface area contributed by atoms with Crippen molar-refractivity contribution in [3.8, 4) is 0 Å². The van der Waals surface area contributed by atoms with Gasteiger partial charge in [-0.2, -0.15) is 11.8 Å². The number of nitrogens with zero attached hydrogens (tertiary/aromatic N) is 1. The second-order valence-corrected chi connectivity index (χ2v) is 8.04. The Hall–Kier alpha value is -1.04. The fraction of sp³-hybridized carbons (Fsp3) is 0.632. The molecule has 1 saturated carbocycles. The maximum atomic E-state index is 12.9. The summed E-state index contributed by atoms with van der Waals surface area (Å²) in [7, 11) is 0. The molecule has 5 heteroatoms. The van der Waals surface area contributed by atoms with Crippen LogP contribution in [0.25, 0.3) is 0 Å². The van der Waals surface area contributed by atoms with E-state index in [2.05, 4.69) is 10.2 Å². The number of hydrogen-bond donors (Lipinski definition) is 2. The zero-order valence-corrected chi connectivity index (χ0v) is 15.0. The highest BCUT2D eigenvalue weighted by Gasteiger charge is 2.30. The van der Waals surface area contributed by atoms with E-state index in [0.29, 0.717) is 12.5 Å². The van der Waals surface area contributed by atoms with Gasteiger partial charge in [0.1, 0.15) is 6.04 Å². The van der Waals surface area contributed by atoms with Gasteiger partial charge in [0.15, 0.2) is 0 Å². The third kappa shape index (κ3) is 4.52. The number of carbonyl (C=O) groups is 1. The second-order valence-electron chi connectivity index (χ2n) is 6.82. The van der Waals surface area contributed by atoms with Crippen LogP contribution in [0.1, 0.15) is 37.3 Å². The Morgan fingerprint density at radius 2 is 1.88 bits per heavy atom. The van der Waals surface area contributed by atoms with Gasteiger partial charge in [-0.1, -0.05) is 43.2 Å². The minimum absolute atomic E-state index is 0.0187. The fourth-order valence-corrected chi connectivity index (χ4v) is 4.74. The van der Waals surface area contributed by atoms with Crippen molar-refractivity contribution in [3.63, 3.8) is 0 Å². The highest BCUT2D eigenvalue weighted by atomic mass is 32.2. The lowest BCUT2D eigenvalue weighted by Crippen LogP contribution is -2.46. The van der Waals surface area contributed by atoms with Gasteiger partial charge in [-0.3, -0.25) is 9.69 Å². The third-order valence-electron chi connectivity index (χ3n) is 5.20. The number of aliphatic hydroxyl groups excluding tert-OH is 1. The SMILES string of the molecule is O=C(NCC(O)C1CCCC1)C(c1ccccc1)N1CCSCC1. The van der Waals surface area contributed by atoms with Crippen molar-refractivity contribution in [2.45, 2.75) is 37.8 Å². The summed E-state index contributed by atoms with van der Waals surface area (Å²) in [6.07, 6.45) is 4.16. The van der Waals surface area contributed by atoms with E-state index in [1.54, 1.807) is 0 Å². The van der Waals surface area contributed by atoms with Gasteiger partial charge < -0.3 is 10.4 Å². The molecular weight excluding hydrogens is 320 g/mol. The van der Waals surface area contributed by atoms with Crippen LogP contribution in [0.5, 0.6) is 0 Å². The average molecular weight is 349 g/mol. The first-order valence-electron chi connectivity index (χ1n) is 9.08. The Labute approximate surface area is 149 Å². The summed E-state index contributed by atoms with van der Waals surface area (Å²) in [6.45, 7) is 2.24. The molecule has 2 aliphatic rings. The number of rotatable bonds is 6. The Kier molecular flexibility index (Phi) is 6.58. The van der Waals surface area contributed by atoms with Crippen LogP contribution in [0.4, 0.5) is 0 Å². The zero-order valence-electron chi connectivity index (χ0n) is 14.2. The molecule has 2 unspecified atom stereocenters. The van der Waals surface area contributed by atoms with Gasteiger partial charge in [0.2, 0.25) is 5.91 Å². The molecule has 1 amide bonds. The first-order valence-corrected chi connectivity index (χ1v) is 10.2. The molecule has 4 nitrogen and oxygen atoms in total. The van der Waals surface area contributed by atoms with Crippen molar-refractivity contribution in [3.05, 3.63) is 35.9 Å². The summed E-state index contributed by atoms with van der Waals surface area (Å²) in [5.74, 6) is 2.51. The Balaban J connectivity index is 1.64. The number of amides is 1. The lowest BCUT2D eigenvalue weighted by atomic mass is 10.00. The molecule has 0 spiro atoms. The topological polar surface area (TPSA) is 52.6 Å². The van der Waals surface area contributed by atoms with Crippen LogP contribution in [0.3, 0.4) is 0 Å². The van der Waals surface area contributed by atoms with Gasteiger partial charge in [-0.15, -0.1) is 0 Å². The van der Waals surface area contributed by atoms with Crippen LogP contribution in [-0.4, -0.2) is 53.2 Å². The van der Waals surface area contributed by atoms with Crippen LogP contribution in [0.2, 0.25) is 0 Å². The predicted octanol–water partition coefficient (Wildman–Crippen LogP) is 2.44. The van der Waals surface area contributed by atoms with Crippen molar-refractivity contribution in [1.29, 1.82) is 0 Å². The van der Waals surface area contributed by atoms with Crippen LogP contribution in [0.15, 0.2) is 30.3 Å². The molecule has 2 fully saturated rings. The normalized spacial score (nSPS) is 22.2. The summed E-state index contributed by atoms with van der Waals surface area (Å²) in [4.78, 5) is 15.2. The minimum atomic E-state index is -0.412. The highest BCUT2D eigenvalue weighted by molar-refractivity contribution is 7.99. The quantitative estimate of drug-likeness (QED) is 0.829. The molecule has 0 bridgehead atoms. The molecule has 0 aromatic heterocycles. The Bertz CT molecular complexity index is 513. The zero-order chi connectivity index (χ0) is 16.8. The molecule has 2 N–H and O–H groups in total. The third-order valence-corrected chi connectivity index (χ3v) is 6.15. The molecule has 24 heavy (non-hydrogen) atoms. The number of hydrogen-bond acceptors (Lipinski definition) is 4. The largest absolute Gasteiger partial charge is 0.391 e. The van der Waals surface area contributed by atoms with Crippen molar-refractivity contribution >= 4 is 17.7 Å². The molecule has 3 rings (SSSR count). The van der Waals surface area contributed by atoms with Gasteiger partial charge in [-0.25, -0.2) is 0 Å². The molecule has 1 saturated heterocycles. The van der Waals surface area contributed by atoms with E-state index < -0.39 is 6.10 Å². The maximum Gasteiger partial charge on any atom is 0.242 e. The monoisotopic (exact) mass is 348 g/mol. The maximum absolute atomic E-state index is 12.9. The fourth-order valence-electron chi connectivity index (χ4n) is 3.81. The standard InChI is InChI=1S/C19H28N2O2S/c22-17(15-6-4-5-7-15)14-20-19(23)18(16-8-2-1-3-9-16)21-10-12-24-13-11-21/h1-3,8-9,15,17-18,22H,4-7,10-14H2,(H,20,23). The van der Waals surface area contributed by atoms with Gasteiger partial charge in [0, 0.05) is 31.1 Å². The van der Waals surface area contributed by atoms with Crippen LogP contribution >= 0.6 is 11.8 Å². The van der Waals surface area contributed by atoms with Gasteiger partial charge in [-0.05, 0) is 24.3 Å². The van der Waals surface area contributed by atoms with Crippen LogP contribution < -0.4 is 5.32 Å². The lowest BCUT2D eigenvalue weighted by Gasteiger charge is -2.34. The molecular formula is C19H28N2O2S. The average Bonchev–Trinajstić information content (AvgIpc) is 3.16. The lowest BCUT2D eigenvalue weighted by molar-refractivity contribution is -0.127. The number of benzene rings is 1. The summed E-state index contributed by atoms with van der Waals surface area (Å²) in [6, 6.07) is 9.76. The van der Waals surface area contributed by atoms with E-state index in [1.165, 1.54) is 12.8 Å². The summed E-state index contributed by atoms with van der Waals surface area (Å²) < 4.78 is 0. The van der Waals surface area contributed by atoms with Gasteiger partial charge in [0.25, 0.3) is 0 Å². The van der Waals surface area contributed by atoms with E-state index in [-0.39, 0.29) is 11.9 Å². The molecule has 1 aliphatic heterocycles. The van der Waals surface area contributed by atoms with E-state index in [0.717, 1.165) is 43.0 Å². The number of thioether (sulfide) groups is 1. The van der Waals surface area contributed by atoms with Crippen LogP contribution in [-0.2, 0) is 4.79 Å². The first kappa shape index (κ1) is 17.8. The Morgan fingerprint density at radius 3 is 2.54 bits per heavy atom. The molecule has 1 heterocycles. The molecule has 1 aromatic carbocycles. The summed E-state index contributed by atoms with van der Waals surface area (Å²) >= 11 is 1.94. The van der Waals surface area contributed by atoms with Crippen molar-refractivity contribution in [1.82, 2.24) is 10.2 Å². The molecule has 2 atom stereocenters. The minimum Gasteiger partial charge on any atom is -0.391 e.